The maximum Gasteiger partial charge on any atom is 0.290 e. The van der Waals surface area contributed by atoms with Crippen molar-refractivity contribution in [2.45, 2.75) is 31.3 Å². The summed E-state index contributed by atoms with van der Waals surface area (Å²) < 4.78 is 38.1. The Morgan fingerprint density at radius 3 is 2.09 bits per heavy atom. The lowest BCUT2D eigenvalue weighted by Crippen LogP contribution is -2.30. The summed E-state index contributed by atoms with van der Waals surface area (Å²) in [7, 11) is -2.61. The SMILES string of the molecule is CCOc1ccc([C@H]2C(S(=O)(=O)c3ccc(C)cc3)=C(O)C(=O)N2Cc2ccc(OC)cc2)cc1. The molecule has 0 saturated carbocycles. The van der Waals surface area contributed by atoms with E-state index in [2.05, 4.69) is 0 Å². The highest BCUT2D eigenvalue weighted by atomic mass is 32.2. The van der Waals surface area contributed by atoms with E-state index in [1.165, 1.54) is 17.0 Å². The number of aryl methyl sites for hydroxylation is 1. The van der Waals surface area contributed by atoms with Crippen molar-refractivity contribution in [2.24, 2.45) is 0 Å². The fourth-order valence-corrected chi connectivity index (χ4v) is 5.73. The normalized spacial score (nSPS) is 16.0. The molecule has 182 valence electrons. The minimum atomic E-state index is -4.18. The van der Waals surface area contributed by atoms with Crippen LogP contribution in [0.15, 0.2) is 88.4 Å². The highest BCUT2D eigenvalue weighted by Crippen LogP contribution is 2.43. The molecule has 0 unspecified atom stereocenters. The van der Waals surface area contributed by atoms with Crippen LogP contribution in [-0.4, -0.2) is 38.0 Å². The fourth-order valence-electron chi connectivity index (χ4n) is 4.08. The van der Waals surface area contributed by atoms with Crippen LogP contribution >= 0.6 is 0 Å². The van der Waals surface area contributed by atoms with Gasteiger partial charge in [-0.25, -0.2) is 8.42 Å². The average Bonchev–Trinajstić information content (AvgIpc) is 3.11. The molecule has 35 heavy (non-hydrogen) atoms. The first kappa shape index (κ1) is 24.3. The van der Waals surface area contributed by atoms with E-state index in [1.807, 2.05) is 13.8 Å². The van der Waals surface area contributed by atoms with Crippen molar-refractivity contribution in [1.29, 1.82) is 0 Å². The number of methoxy groups -OCH3 is 1. The van der Waals surface area contributed by atoms with Gasteiger partial charge >= 0.3 is 0 Å². The monoisotopic (exact) mass is 493 g/mol. The van der Waals surface area contributed by atoms with Crippen LogP contribution in [0.3, 0.4) is 0 Å². The predicted octanol–water partition coefficient (Wildman–Crippen LogP) is 4.73. The standard InChI is InChI=1S/C27H27NO6S/c1-4-34-22-13-9-20(10-14-22)24-26(35(31,32)23-15-5-18(2)6-16-23)25(29)27(30)28(24)17-19-7-11-21(33-3)12-8-19/h5-16,24,29H,4,17H2,1-3H3/t24-/m0/s1. The molecule has 3 aromatic carbocycles. The zero-order valence-corrected chi connectivity index (χ0v) is 20.6. The van der Waals surface area contributed by atoms with Gasteiger partial charge in [-0.2, -0.15) is 0 Å². The topological polar surface area (TPSA) is 93.1 Å². The lowest BCUT2D eigenvalue weighted by molar-refractivity contribution is -0.130. The number of aliphatic hydroxyl groups excluding tert-OH is 1. The molecule has 0 spiro atoms. The van der Waals surface area contributed by atoms with Crippen LogP contribution in [0.1, 0.15) is 29.7 Å². The van der Waals surface area contributed by atoms with Crippen LogP contribution in [0.5, 0.6) is 11.5 Å². The summed E-state index contributed by atoms with van der Waals surface area (Å²) in [6.45, 7) is 4.30. The number of sulfone groups is 1. The number of amides is 1. The maximum absolute atomic E-state index is 13.7. The van der Waals surface area contributed by atoms with E-state index in [-0.39, 0.29) is 16.3 Å². The number of carbonyl (C=O) groups excluding carboxylic acids is 1. The lowest BCUT2D eigenvalue weighted by Gasteiger charge is -2.27. The highest BCUT2D eigenvalue weighted by molar-refractivity contribution is 7.95. The Balaban J connectivity index is 1.81. The molecule has 1 amide bonds. The fraction of sp³-hybridized carbons (Fsp3) is 0.222. The van der Waals surface area contributed by atoms with E-state index >= 15 is 0 Å². The quantitative estimate of drug-likeness (QED) is 0.488. The van der Waals surface area contributed by atoms with Crippen LogP contribution in [0, 0.1) is 6.92 Å². The third kappa shape index (κ3) is 4.74. The molecule has 7 nitrogen and oxygen atoms in total. The van der Waals surface area contributed by atoms with Crippen molar-refractivity contribution >= 4 is 15.7 Å². The van der Waals surface area contributed by atoms with Crippen molar-refractivity contribution in [3.8, 4) is 11.5 Å². The first-order valence-corrected chi connectivity index (χ1v) is 12.7. The molecule has 0 saturated heterocycles. The van der Waals surface area contributed by atoms with Crippen LogP contribution in [0.4, 0.5) is 0 Å². The molecule has 0 radical (unpaired) electrons. The Bertz CT molecular complexity index is 1340. The lowest BCUT2D eigenvalue weighted by atomic mass is 10.1. The van der Waals surface area contributed by atoms with Crippen LogP contribution in [0.2, 0.25) is 0 Å². The Labute approximate surface area is 205 Å². The molecule has 4 rings (SSSR count). The van der Waals surface area contributed by atoms with E-state index in [0.29, 0.717) is 23.7 Å². The van der Waals surface area contributed by atoms with Crippen LogP contribution < -0.4 is 9.47 Å². The summed E-state index contributed by atoms with van der Waals surface area (Å²) in [4.78, 5) is 14.3. The van der Waals surface area contributed by atoms with Gasteiger partial charge < -0.3 is 19.5 Å². The molecule has 8 heteroatoms. The van der Waals surface area contributed by atoms with Gasteiger partial charge in [0.25, 0.3) is 5.91 Å². The van der Waals surface area contributed by atoms with Crippen molar-refractivity contribution in [3.05, 3.63) is 100 Å². The van der Waals surface area contributed by atoms with Crippen molar-refractivity contribution in [1.82, 2.24) is 4.90 Å². The molecule has 1 N–H and O–H groups in total. The summed E-state index contributed by atoms with van der Waals surface area (Å²) in [5, 5.41) is 10.9. The Morgan fingerprint density at radius 2 is 1.51 bits per heavy atom. The van der Waals surface area contributed by atoms with Crippen LogP contribution in [-0.2, 0) is 21.2 Å². The second kappa shape index (κ2) is 9.84. The van der Waals surface area contributed by atoms with Gasteiger partial charge in [-0.3, -0.25) is 4.79 Å². The first-order chi connectivity index (χ1) is 16.8. The Hall–Kier alpha value is -3.78. The van der Waals surface area contributed by atoms with E-state index in [1.54, 1.807) is 67.8 Å². The van der Waals surface area contributed by atoms with Gasteiger partial charge in [0.1, 0.15) is 16.4 Å². The molecule has 1 atom stereocenters. The minimum absolute atomic E-state index is 0.0136. The molecule has 1 heterocycles. The van der Waals surface area contributed by atoms with Crippen LogP contribution in [0.25, 0.3) is 0 Å². The van der Waals surface area contributed by atoms with Gasteiger partial charge in [-0.05, 0) is 61.4 Å². The minimum Gasteiger partial charge on any atom is -0.502 e. The summed E-state index contributed by atoms with van der Waals surface area (Å²) in [5.41, 5.74) is 2.20. The Morgan fingerprint density at radius 1 is 0.914 bits per heavy atom. The van der Waals surface area contributed by atoms with Gasteiger partial charge in [-0.1, -0.05) is 42.0 Å². The largest absolute Gasteiger partial charge is 0.502 e. The highest BCUT2D eigenvalue weighted by Gasteiger charge is 2.46. The number of aliphatic hydroxyl groups is 1. The molecule has 0 aromatic heterocycles. The maximum atomic E-state index is 13.7. The molecule has 1 aliphatic heterocycles. The summed E-state index contributed by atoms with van der Waals surface area (Å²) in [6.07, 6.45) is 0. The van der Waals surface area contributed by atoms with Crippen molar-refractivity contribution in [3.63, 3.8) is 0 Å². The molecular formula is C27H27NO6S. The smallest absolute Gasteiger partial charge is 0.290 e. The van der Waals surface area contributed by atoms with Crippen molar-refractivity contribution in [2.75, 3.05) is 13.7 Å². The third-order valence-corrected chi connectivity index (χ3v) is 7.78. The first-order valence-electron chi connectivity index (χ1n) is 11.2. The molecule has 3 aromatic rings. The second-order valence-electron chi connectivity index (χ2n) is 8.22. The van der Waals surface area contributed by atoms with E-state index in [4.69, 9.17) is 9.47 Å². The molecule has 1 aliphatic rings. The zero-order chi connectivity index (χ0) is 25.2. The number of benzene rings is 3. The van der Waals surface area contributed by atoms with Gasteiger partial charge in [0.05, 0.1) is 24.7 Å². The van der Waals surface area contributed by atoms with Gasteiger partial charge in [0.15, 0.2) is 5.76 Å². The molecule has 0 aliphatic carbocycles. The van der Waals surface area contributed by atoms with Gasteiger partial charge in [-0.15, -0.1) is 0 Å². The number of nitrogens with zero attached hydrogens (tertiary/aromatic N) is 1. The third-order valence-electron chi connectivity index (χ3n) is 5.90. The number of carbonyl (C=O) groups is 1. The van der Waals surface area contributed by atoms with E-state index in [0.717, 1.165) is 11.1 Å². The zero-order valence-electron chi connectivity index (χ0n) is 19.8. The molecular weight excluding hydrogens is 466 g/mol. The number of hydrogen-bond donors (Lipinski definition) is 1. The summed E-state index contributed by atoms with van der Waals surface area (Å²) >= 11 is 0. The summed E-state index contributed by atoms with van der Waals surface area (Å²) in [6, 6.07) is 19.3. The Kier molecular flexibility index (Phi) is 6.84. The van der Waals surface area contributed by atoms with E-state index in [9.17, 15) is 18.3 Å². The summed E-state index contributed by atoms with van der Waals surface area (Å²) in [5.74, 6) is -0.227. The number of hydrogen-bond acceptors (Lipinski definition) is 6. The van der Waals surface area contributed by atoms with Crippen molar-refractivity contribution < 1.29 is 27.8 Å². The number of rotatable bonds is 8. The van der Waals surface area contributed by atoms with Gasteiger partial charge in [0.2, 0.25) is 9.84 Å². The average molecular weight is 494 g/mol. The number of ether oxygens (including phenoxy) is 2. The predicted molar refractivity (Wildman–Crippen MR) is 132 cm³/mol. The van der Waals surface area contributed by atoms with E-state index < -0.39 is 27.5 Å². The second-order valence-corrected chi connectivity index (χ2v) is 10.1. The van der Waals surface area contributed by atoms with Gasteiger partial charge in [0, 0.05) is 6.54 Å². The molecule has 0 fully saturated rings. The molecule has 0 bridgehead atoms.